The molecule has 0 amide bonds. The molecule has 1 N–H and O–H groups in total. The molecule has 0 saturated heterocycles. The number of phosphoric acid groups is 1. The van der Waals surface area contributed by atoms with Crippen LogP contribution in [-0.4, -0.2) is 71.2 Å². The molecule has 1 aromatic rings. The van der Waals surface area contributed by atoms with E-state index >= 15 is 0 Å². The minimum absolute atomic E-state index is 0.0956. The molecular weight excluding hydrogens is 523 g/mol. The monoisotopic (exact) mass is 584 g/mol. The summed E-state index contributed by atoms with van der Waals surface area (Å²) < 4.78 is 29.4. The molecule has 0 aliphatic rings. The van der Waals surface area contributed by atoms with Crippen LogP contribution < -0.4 is 10.2 Å². The van der Waals surface area contributed by atoms with Crippen LogP contribution in [0.25, 0.3) is 0 Å². The predicted octanol–water partition coefficient (Wildman–Crippen LogP) is 6.89. The van der Waals surface area contributed by atoms with Crippen molar-refractivity contribution in [2.45, 2.75) is 109 Å². The van der Waals surface area contributed by atoms with Gasteiger partial charge in [0.05, 0.1) is 27.7 Å². The first kappa shape index (κ1) is 37.2. The van der Waals surface area contributed by atoms with E-state index in [1.807, 2.05) is 39.3 Å². The van der Waals surface area contributed by atoms with Gasteiger partial charge >= 0.3 is 0 Å². The summed E-state index contributed by atoms with van der Waals surface area (Å²) in [5.74, 6) is 0. The van der Waals surface area contributed by atoms with Crippen molar-refractivity contribution < 1.29 is 27.7 Å². The molecule has 0 aliphatic carbocycles. The third-order valence-electron chi connectivity index (χ3n) is 7.04. The maximum atomic E-state index is 12.4. The van der Waals surface area contributed by atoms with Crippen LogP contribution >= 0.6 is 7.82 Å². The van der Waals surface area contributed by atoms with Crippen LogP contribution in [0.1, 0.15) is 102 Å². The van der Waals surface area contributed by atoms with E-state index in [1.54, 1.807) is 0 Å². The van der Waals surface area contributed by atoms with Crippen molar-refractivity contribution in [1.82, 2.24) is 5.32 Å². The SMILES string of the molecule is CCCCCCCCCCCCCCCCOCC(CNCCc1ccccc1)OP(=O)([O-])OCC[N+](C)(C)C. The number of hydrogen-bond acceptors (Lipinski definition) is 6. The lowest BCUT2D eigenvalue weighted by atomic mass is 10.0. The highest BCUT2D eigenvalue weighted by Crippen LogP contribution is 2.39. The number of ether oxygens (including phenoxy) is 1. The third-order valence-corrected chi connectivity index (χ3v) is 8.10. The molecule has 0 fully saturated rings. The number of benzene rings is 1. The average Bonchev–Trinajstić information content (AvgIpc) is 2.90. The van der Waals surface area contributed by atoms with Crippen LogP contribution in [-0.2, 0) is 24.8 Å². The molecule has 234 valence electrons. The molecule has 7 nitrogen and oxygen atoms in total. The molecule has 1 aromatic carbocycles. The van der Waals surface area contributed by atoms with E-state index in [4.69, 9.17) is 13.8 Å². The quantitative estimate of drug-likeness (QED) is 0.0656. The second-order valence-corrected chi connectivity index (χ2v) is 13.5. The van der Waals surface area contributed by atoms with Crippen LogP contribution in [0, 0.1) is 0 Å². The number of unbranched alkanes of at least 4 members (excludes halogenated alkanes) is 13. The predicted molar refractivity (Wildman–Crippen MR) is 165 cm³/mol. The maximum absolute atomic E-state index is 12.4. The van der Waals surface area contributed by atoms with Gasteiger partial charge in [-0.15, -0.1) is 0 Å². The van der Waals surface area contributed by atoms with E-state index in [-0.39, 0.29) is 13.2 Å². The fraction of sp³-hybridized carbons (Fsp3) is 0.812. The van der Waals surface area contributed by atoms with Crippen LogP contribution in [0.15, 0.2) is 30.3 Å². The summed E-state index contributed by atoms with van der Waals surface area (Å²) in [5, 5.41) is 3.32. The third kappa shape index (κ3) is 23.9. The topological polar surface area (TPSA) is 79.9 Å². The van der Waals surface area contributed by atoms with Gasteiger partial charge in [0.2, 0.25) is 0 Å². The number of nitrogens with zero attached hydrogens (tertiary/aromatic N) is 1. The number of hydrogen-bond donors (Lipinski definition) is 1. The molecular formula is C32H61N2O5P. The molecule has 0 aromatic heterocycles. The van der Waals surface area contributed by atoms with Crippen molar-refractivity contribution in [3.05, 3.63) is 35.9 Å². The van der Waals surface area contributed by atoms with E-state index in [2.05, 4.69) is 24.4 Å². The highest BCUT2D eigenvalue weighted by atomic mass is 31.2. The van der Waals surface area contributed by atoms with Gasteiger partial charge in [0, 0.05) is 13.2 Å². The van der Waals surface area contributed by atoms with Crippen LogP contribution in [0.2, 0.25) is 0 Å². The maximum Gasteiger partial charge on any atom is 0.268 e. The Balaban J connectivity index is 2.20. The first-order valence-corrected chi connectivity index (χ1v) is 17.4. The molecule has 1 rings (SSSR count). The van der Waals surface area contributed by atoms with E-state index in [0.717, 1.165) is 25.8 Å². The van der Waals surface area contributed by atoms with Gasteiger partial charge in [-0.05, 0) is 24.9 Å². The molecule has 2 unspecified atom stereocenters. The molecule has 0 spiro atoms. The molecule has 2 atom stereocenters. The van der Waals surface area contributed by atoms with Gasteiger partial charge in [0.25, 0.3) is 7.82 Å². The standard InChI is InChI=1S/C32H61N2O5P/c1-5-6-7-8-9-10-11-12-13-14-15-16-17-21-27-37-30-32(29-33-25-24-31-22-19-18-20-23-31)39-40(35,36)38-28-26-34(2,3)4/h18-20,22-23,32-33H,5-17,21,24-30H2,1-4H3. The Morgan fingerprint density at radius 2 is 1.38 bits per heavy atom. The van der Waals surface area contributed by atoms with E-state index in [9.17, 15) is 9.46 Å². The summed E-state index contributed by atoms with van der Waals surface area (Å²) in [5.41, 5.74) is 1.24. The zero-order valence-electron chi connectivity index (χ0n) is 26.2. The van der Waals surface area contributed by atoms with Crippen molar-refractivity contribution in [2.24, 2.45) is 0 Å². The number of rotatable bonds is 28. The molecule has 40 heavy (non-hydrogen) atoms. The molecule has 0 saturated carbocycles. The number of phosphoric ester groups is 1. The van der Waals surface area contributed by atoms with E-state index in [0.29, 0.717) is 24.2 Å². The lowest BCUT2D eigenvalue weighted by Crippen LogP contribution is -2.38. The Morgan fingerprint density at radius 1 is 0.825 bits per heavy atom. The van der Waals surface area contributed by atoms with Crippen molar-refractivity contribution in [3.63, 3.8) is 0 Å². The summed E-state index contributed by atoms with van der Waals surface area (Å²) in [6.07, 6.45) is 18.7. The molecule has 0 radical (unpaired) electrons. The number of quaternary nitrogens is 1. The zero-order valence-corrected chi connectivity index (χ0v) is 27.1. The first-order chi connectivity index (χ1) is 19.2. The Kier molecular flexibility index (Phi) is 22.1. The highest BCUT2D eigenvalue weighted by molar-refractivity contribution is 7.45. The fourth-order valence-corrected chi connectivity index (χ4v) is 5.39. The lowest BCUT2D eigenvalue weighted by Gasteiger charge is -2.30. The van der Waals surface area contributed by atoms with Crippen molar-refractivity contribution in [3.8, 4) is 0 Å². The fourth-order valence-electron chi connectivity index (χ4n) is 4.52. The summed E-state index contributed by atoms with van der Waals surface area (Å²) >= 11 is 0. The number of nitrogens with one attached hydrogen (secondary N) is 1. The van der Waals surface area contributed by atoms with Crippen molar-refractivity contribution in [2.75, 3.05) is 60.6 Å². The molecule has 0 bridgehead atoms. The van der Waals surface area contributed by atoms with Gasteiger partial charge in [0.1, 0.15) is 19.3 Å². The summed E-state index contributed by atoms with van der Waals surface area (Å²) in [4.78, 5) is 12.4. The minimum Gasteiger partial charge on any atom is -0.756 e. The average molecular weight is 585 g/mol. The highest BCUT2D eigenvalue weighted by Gasteiger charge is 2.20. The Labute approximate surface area is 246 Å². The van der Waals surface area contributed by atoms with E-state index < -0.39 is 13.9 Å². The Bertz CT molecular complexity index is 745. The number of likely N-dealkylation sites (N-methyl/N-ethyl adjacent to an activating group) is 1. The second kappa shape index (κ2) is 23.7. The molecule has 0 heterocycles. The smallest absolute Gasteiger partial charge is 0.268 e. The normalized spacial score (nSPS) is 14.3. The zero-order chi connectivity index (χ0) is 29.4. The van der Waals surface area contributed by atoms with Crippen molar-refractivity contribution in [1.29, 1.82) is 0 Å². The van der Waals surface area contributed by atoms with Crippen LogP contribution in [0.5, 0.6) is 0 Å². The summed E-state index contributed by atoms with van der Waals surface area (Å²) in [7, 11) is 1.56. The van der Waals surface area contributed by atoms with Gasteiger partial charge in [-0.1, -0.05) is 121 Å². The minimum atomic E-state index is -4.41. The lowest BCUT2D eigenvalue weighted by molar-refractivity contribution is -0.870. The molecule has 0 aliphatic heterocycles. The van der Waals surface area contributed by atoms with Gasteiger partial charge in [-0.25, -0.2) is 0 Å². The first-order valence-electron chi connectivity index (χ1n) is 16.0. The van der Waals surface area contributed by atoms with Crippen molar-refractivity contribution >= 4 is 7.82 Å². The van der Waals surface area contributed by atoms with Crippen LogP contribution in [0.4, 0.5) is 0 Å². The summed E-state index contributed by atoms with van der Waals surface area (Å²) in [6.45, 7) is 4.90. The largest absolute Gasteiger partial charge is 0.756 e. The van der Waals surface area contributed by atoms with Gasteiger partial charge < -0.3 is 28.5 Å². The molecule has 8 heteroatoms. The second-order valence-electron chi connectivity index (χ2n) is 12.1. The van der Waals surface area contributed by atoms with E-state index in [1.165, 1.54) is 82.6 Å². The Morgan fingerprint density at radius 3 is 1.93 bits per heavy atom. The Hall–Kier alpha value is -0.790. The van der Waals surface area contributed by atoms with Gasteiger partial charge in [-0.2, -0.15) is 0 Å². The van der Waals surface area contributed by atoms with Gasteiger partial charge in [-0.3, -0.25) is 4.57 Å². The van der Waals surface area contributed by atoms with Crippen LogP contribution in [0.3, 0.4) is 0 Å². The summed E-state index contributed by atoms with van der Waals surface area (Å²) in [6, 6.07) is 10.2. The van der Waals surface area contributed by atoms with Gasteiger partial charge in [0.15, 0.2) is 0 Å².